The van der Waals surface area contributed by atoms with Gasteiger partial charge in [-0.05, 0) is 60.6 Å². The van der Waals surface area contributed by atoms with Gasteiger partial charge in [-0.2, -0.15) is 0 Å². The Kier molecular flexibility index (Phi) is 8.00. The van der Waals surface area contributed by atoms with Gasteiger partial charge in [0.1, 0.15) is 6.10 Å². The lowest BCUT2D eigenvalue weighted by Crippen LogP contribution is -2.61. The molecular weight excluding hydrogens is 456 g/mol. The van der Waals surface area contributed by atoms with Crippen LogP contribution in [0, 0.1) is 22.7 Å². The lowest BCUT2D eigenvalue weighted by molar-refractivity contribution is -0.185. The maximum atomic E-state index is 12.9. The summed E-state index contributed by atoms with van der Waals surface area (Å²) < 4.78 is 5.87. The van der Waals surface area contributed by atoms with Gasteiger partial charge in [0, 0.05) is 24.1 Å². The summed E-state index contributed by atoms with van der Waals surface area (Å²) in [6, 6.07) is 18.9. The van der Waals surface area contributed by atoms with Gasteiger partial charge >= 0.3 is 6.09 Å². The third-order valence-corrected chi connectivity index (χ3v) is 8.68. The molecule has 0 heterocycles. The van der Waals surface area contributed by atoms with Crippen molar-refractivity contribution in [3.63, 3.8) is 0 Å². The normalized spacial score (nSPS) is 31.7. The summed E-state index contributed by atoms with van der Waals surface area (Å²) >= 11 is 0. The van der Waals surface area contributed by atoms with Crippen LogP contribution in [-0.4, -0.2) is 41.0 Å². The molecule has 0 aliphatic heterocycles. The SMILES string of the molecule is C[C@]1(CO)[C@@H]2CC[C@@H](O)[C@@H](CC(=O)NCc3ccccc3)[C@]2(C)CC[C@H]1OC(=O)Nc1ccccc1. The van der Waals surface area contributed by atoms with Gasteiger partial charge in [0.05, 0.1) is 12.7 Å². The number of ether oxygens (including phenoxy) is 1. The van der Waals surface area contributed by atoms with E-state index in [9.17, 15) is 19.8 Å². The second-order valence-electron chi connectivity index (χ2n) is 10.9. The molecule has 0 bridgehead atoms. The van der Waals surface area contributed by atoms with Crippen LogP contribution >= 0.6 is 0 Å². The molecule has 6 atom stereocenters. The number of fused-ring (bicyclic) bond motifs is 1. The second kappa shape index (κ2) is 11.0. The van der Waals surface area contributed by atoms with Crippen molar-refractivity contribution in [3.05, 3.63) is 66.2 Å². The Balaban J connectivity index is 1.45. The predicted molar refractivity (Wildman–Crippen MR) is 138 cm³/mol. The number of aliphatic hydroxyl groups is 2. The van der Waals surface area contributed by atoms with Crippen LogP contribution in [0.5, 0.6) is 0 Å². The van der Waals surface area contributed by atoms with E-state index >= 15 is 0 Å². The number of benzene rings is 2. The molecule has 194 valence electrons. The smallest absolute Gasteiger partial charge is 0.411 e. The zero-order chi connectivity index (χ0) is 25.8. The minimum Gasteiger partial charge on any atom is -0.445 e. The van der Waals surface area contributed by atoms with Gasteiger partial charge in [-0.25, -0.2) is 4.79 Å². The maximum absolute atomic E-state index is 12.9. The van der Waals surface area contributed by atoms with Crippen molar-refractivity contribution in [3.8, 4) is 0 Å². The number of carbonyl (C=O) groups is 2. The first-order valence-corrected chi connectivity index (χ1v) is 12.9. The molecule has 2 aromatic carbocycles. The zero-order valence-electron chi connectivity index (χ0n) is 21.2. The molecular formula is C29H38N2O5. The van der Waals surface area contributed by atoms with Crippen molar-refractivity contribution in [1.82, 2.24) is 5.32 Å². The molecule has 2 amide bonds. The Bertz CT molecular complexity index is 1030. The number of hydrogen-bond acceptors (Lipinski definition) is 5. The van der Waals surface area contributed by atoms with Crippen LogP contribution < -0.4 is 10.6 Å². The molecule has 2 fully saturated rings. The minimum absolute atomic E-state index is 0.00593. The van der Waals surface area contributed by atoms with Crippen LogP contribution in [0.3, 0.4) is 0 Å². The fourth-order valence-corrected chi connectivity index (χ4v) is 6.65. The van der Waals surface area contributed by atoms with Crippen LogP contribution in [0.4, 0.5) is 10.5 Å². The van der Waals surface area contributed by atoms with Crippen LogP contribution in [0.15, 0.2) is 60.7 Å². The summed E-state index contributed by atoms with van der Waals surface area (Å²) in [7, 11) is 0. The summed E-state index contributed by atoms with van der Waals surface area (Å²) in [5.41, 5.74) is 0.629. The molecule has 7 heteroatoms. The van der Waals surface area contributed by atoms with E-state index in [1.807, 2.05) is 55.5 Å². The third-order valence-electron chi connectivity index (χ3n) is 8.68. The zero-order valence-corrected chi connectivity index (χ0v) is 21.2. The molecule has 0 radical (unpaired) electrons. The number of amides is 2. The average Bonchev–Trinajstić information content (AvgIpc) is 2.88. The molecule has 0 aromatic heterocycles. The van der Waals surface area contributed by atoms with Gasteiger partial charge in [-0.1, -0.05) is 62.4 Å². The first-order chi connectivity index (χ1) is 17.3. The highest BCUT2D eigenvalue weighted by Crippen LogP contribution is 2.61. The van der Waals surface area contributed by atoms with Gasteiger partial charge < -0.3 is 20.3 Å². The molecule has 2 saturated carbocycles. The number of rotatable bonds is 7. The molecule has 2 aliphatic carbocycles. The summed E-state index contributed by atoms with van der Waals surface area (Å²) in [6.45, 7) is 4.41. The highest BCUT2D eigenvalue weighted by molar-refractivity contribution is 5.84. The average molecular weight is 495 g/mol. The number of nitrogens with one attached hydrogen (secondary N) is 2. The van der Waals surface area contributed by atoms with Crippen LogP contribution in [0.2, 0.25) is 0 Å². The number of hydrogen-bond donors (Lipinski definition) is 4. The lowest BCUT2D eigenvalue weighted by Gasteiger charge is -2.60. The Morgan fingerprint density at radius 3 is 2.33 bits per heavy atom. The van der Waals surface area contributed by atoms with E-state index in [0.29, 0.717) is 37.9 Å². The van der Waals surface area contributed by atoms with Crippen molar-refractivity contribution in [2.24, 2.45) is 22.7 Å². The maximum Gasteiger partial charge on any atom is 0.411 e. The van der Waals surface area contributed by atoms with E-state index in [-0.39, 0.29) is 36.2 Å². The van der Waals surface area contributed by atoms with E-state index in [0.717, 1.165) is 5.56 Å². The predicted octanol–water partition coefficient (Wildman–Crippen LogP) is 4.50. The van der Waals surface area contributed by atoms with Gasteiger partial charge in [0.2, 0.25) is 5.91 Å². The molecule has 7 nitrogen and oxygen atoms in total. The number of aliphatic hydroxyl groups excluding tert-OH is 2. The van der Waals surface area contributed by atoms with Gasteiger partial charge in [-0.15, -0.1) is 0 Å². The van der Waals surface area contributed by atoms with Crippen LogP contribution in [0.25, 0.3) is 0 Å². The number of anilines is 1. The summed E-state index contributed by atoms with van der Waals surface area (Å²) in [4.78, 5) is 25.6. The quantitative estimate of drug-likeness (QED) is 0.453. The second-order valence-corrected chi connectivity index (χ2v) is 10.9. The first kappa shape index (κ1) is 26.2. The van der Waals surface area contributed by atoms with E-state index in [4.69, 9.17) is 4.74 Å². The van der Waals surface area contributed by atoms with Crippen molar-refractivity contribution in [2.45, 2.75) is 64.7 Å². The van der Waals surface area contributed by atoms with Crippen molar-refractivity contribution in [2.75, 3.05) is 11.9 Å². The topological polar surface area (TPSA) is 108 Å². The van der Waals surface area contributed by atoms with E-state index in [1.54, 1.807) is 12.1 Å². The summed E-state index contributed by atoms with van der Waals surface area (Å²) in [6.07, 6.45) is 1.14. The van der Waals surface area contributed by atoms with E-state index in [1.165, 1.54) is 0 Å². The van der Waals surface area contributed by atoms with Crippen LogP contribution in [-0.2, 0) is 16.1 Å². The van der Waals surface area contributed by atoms with Crippen molar-refractivity contribution < 1.29 is 24.5 Å². The Labute approximate surface area is 213 Å². The highest BCUT2D eigenvalue weighted by Gasteiger charge is 2.60. The summed E-state index contributed by atoms with van der Waals surface area (Å²) in [5.74, 6) is -0.332. The standard InChI is InChI=1S/C29H38N2O5/c1-28-16-15-25(36-27(35)31-21-11-7-4-8-12-21)29(2,19-32)24(28)14-13-23(33)22(28)17-26(34)30-18-20-9-5-3-6-10-20/h3-12,22-25,32-33H,13-19H2,1-2H3,(H,30,34)(H,31,35)/t22-,23-,24-,25-,28+,29+/m1/s1. The summed E-state index contributed by atoms with van der Waals surface area (Å²) in [5, 5.41) is 27.3. The third kappa shape index (κ3) is 5.42. The molecule has 4 rings (SSSR count). The van der Waals surface area contributed by atoms with Gasteiger partial charge in [-0.3, -0.25) is 10.1 Å². The fraction of sp³-hybridized carbons (Fsp3) is 0.517. The fourth-order valence-electron chi connectivity index (χ4n) is 6.65. The minimum atomic E-state index is -0.681. The van der Waals surface area contributed by atoms with Gasteiger partial charge in [0.15, 0.2) is 0 Å². The molecule has 36 heavy (non-hydrogen) atoms. The van der Waals surface area contributed by atoms with Crippen molar-refractivity contribution in [1.29, 1.82) is 0 Å². The number of para-hydroxylation sites is 1. The Hall–Kier alpha value is -2.90. The van der Waals surface area contributed by atoms with E-state index in [2.05, 4.69) is 17.6 Å². The van der Waals surface area contributed by atoms with Crippen LogP contribution in [0.1, 0.15) is 51.5 Å². The number of carbonyl (C=O) groups excluding carboxylic acids is 2. The lowest BCUT2D eigenvalue weighted by atomic mass is 9.46. The first-order valence-electron chi connectivity index (χ1n) is 12.9. The Morgan fingerprint density at radius 2 is 1.67 bits per heavy atom. The largest absolute Gasteiger partial charge is 0.445 e. The molecule has 0 unspecified atom stereocenters. The molecule has 2 aromatic rings. The molecule has 0 spiro atoms. The monoisotopic (exact) mass is 494 g/mol. The molecule has 0 saturated heterocycles. The van der Waals surface area contributed by atoms with Crippen molar-refractivity contribution >= 4 is 17.7 Å². The van der Waals surface area contributed by atoms with E-state index < -0.39 is 23.7 Å². The highest BCUT2D eigenvalue weighted by atomic mass is 16.6. The Morgan fingerprint density at radius 1 is 1.00 bits per heavy atom. The van der Waals surface area contributed by atoms with Gasteiger partial charge in [0.25, 0.3) is 0 Å². The molecule has 2 aliphatic rings. The molecule has 4 N–H and O–H groups in total.